The molecule has 0 saturated carbocycles. The first-order valence-electron chi connectivity index (χ1n) is 5.62. The molecule has 3 rings (SSSR count). The Morgan fingerprint density at radius 2 is 2.10 bits per heavy atom. The van der Waals surface area contributed by atoms with Gasteiger partial charge in [-0.25, -0.2) is 14.2 Å². The lowest BCUT2D eigenvalue weighted by Gasteiger charge is -2.06. The monoisotopic (exact) mass is 307 g/mol. The van der Waals surface area contributed by atoms with Crippen molar-refractivity contribution in [2.24, 2.45) is 0 Å². The van der Waals surface area contributed by atoms with E-state index in [2.05, 4.69) is 4.98 Å². The Hall–Kier alpha value is -1.98. The van der Waals surface area contributed by atoms with Crippen molar-refractivity contribution in [3.63, 3.8) is 0 Å². The third kappa shape index (κ3) is 2.26. The summed E-state index contributed by atoms with van der Waals surface area (Å²) in [4.78, 5) is 15.7. The number of carbonyl (C=O) groups is 1. The highest BCUT2D eigenvalue weighted by atomic mass is 35.5. The number of pyridine rings is 1. The highest BCUT2D eigenvalue weighted by Gasteiger charge is 2.14. The topological polar surface area (TPSA) is 50.2 Å². The molecule has 0 aliphatic rings. The van der Waals surface area contributed by atoms with E-state index in [1.807, 2.05) is 0 Å². The minimum absolute atomic E-state index is 0.0202. The lowest BCUT2D eigenvalue weighted by atomic mass is 10.1. The Kier molecular flexibility index (Phi) is 3.16. The molecule has 6 heteroatoms. The number of aromatic nitrogens is 1. The molecule has 1 N–H and O–H groups in total. The van der Waals surface area contributed by atoms with E-state index in [0.717, 1.165) is 5.56 Å². The lowest BCUT2D eigenvalue weighted by molar-refractivity contribution is 0.0699. The normalized spacial score (nSPS) is 10.9. The third-order valence-corrected chi connectivity index (χ3v) is 3.96. The summed E-state index contributed by atoms with van der Waals surface area (Å²) in [5.74, 6) is -1.61. The zero-order chi connectivity index (χ0) is 14.3. The molecular weight excluding hydrogens is 301 g/mol. The van der Waals surface area contributed by atoms with Gasteiger partial charge in [0.15, 0.2) is 0 Å². The van der Waals surface area contributed by atoms with Crippen LogP contribution in [-0.4, -0.2) is 16.1 Å². The third-order valence-electron chi connectivity index (χ3n) is 2.86. The van der Waals surface area contributed by atoms with Crippen LogP contribution >= 0.6 is 22.9 Å². The number of rotatable bonds is 2. The fourth-order valence-corrected chi connectivity index (χ4v) is 2.84. The summed E-state index contributed by atoms with van der Waals surface area (Å²) in [7, 11) is 0. The first kappa shape index (κ1) is 13.0. The average Bonchev–Trinajstić information content (AvgIpc) is 2.84. The molecule has 0 unspecified atom stereocenters. The maximum absolute atomic E-state index is 13.3. The standard InChI is InChI=1S/C14H7ClFNO2S/c15-13-3-7(6-20-13)12-5-10(14(18)19)9-4-8(16)1-2-11(9)17-12/h1-6H,(H,18,19). The van der Waals surface area contributed by atoms with Crippen LogP contribution in [0.2, 0.25) is 4.34 Å². The number of hydrogen-bond donors (Lipinski definition) is 1. The smallest absolute Gasteiger partial charge is 0.336 e. The summed E-state index contributed by atoms with van der Waals surface area (Å²) < 4.78 is 13.9. The van der Waals surface area contributed by atoms with Crippen LogP contribution in [0.3, 0.4) is 0 Å². The van der Waals surface area contributed by atoms with Gasteiger partial charge in [-0.05, 0) is 30.3 Å². The largest absolute Gasteiger partial charge is 0.478 e. The molecule has 0 amide bonds. The van der Waals surface area contributed by atoms with Crippen molar-refractivity contribution >= 4 is 39.8 Å². The molecule has 0 bridgehead atoms. The second kappa shape index (κ2) is 4.85. The molecule has 0 fully saturated rings. The first-order valence-corrected chi connectivity index (χ1v) is 6.88. The van der Waals surface area contributed by atoms with Gasteiger partial charge in [0, 0.05) is 16.3 Å². The maximum Gasteiger partial charge on any atom is 0.336 e. The van der Waals surface area contributed by atoms with Crippen LogP contribution in [-0.2, 0) is 0 Å². The average molecular weight is 308 g/mol. The highest BCUT2D eigenvalue weighted by molar-refractivity contribution is 7.14. The summed E-state index contributed by atoms with van der Waals surface area (Å²) in [6.45, 7) is 0. The molecule has 1 aromatic carbocycles. The van der Waals surface area contributed by atoms with E-state index in [9.17, 15) is 14.3 Å². The minimum Gasteiger partial charge on any atom is -0.478 e. The number of fused-ring (bicyclic) bond motifs is 1. The molecule has 3 aromatic rings. The maximum atomic E-state index is 13.3. The first-order chi connectivity index (χ1) is 9.54. The van der Waals surface area contributed by atoms with Crippen LogP contribution in [0.15, 0.2) is 35.7 Å². The van der Waals surface area contributed by atoms with Crippen molar-refractivity contribution in [2.45, 2.75) is 0 Å². The highest BCUT2D eigenvalue weighted by Crippen LogP contribution is 2.30. The van der Waals surface area contributed by atoms with Gasteiger partial charge in [0.25, 0.3) is 0 Å². The summed E-state index contributed by atoms with van der Waals surface area (Å²) in [6, 6.07) is 7.05. The molecule has 3 nitrogen and oxygen atoms in total. The quantitative estimate of drug-likeness (QED) is 0.760. The molecule has 0 spiro atoms. The van der Waals surface area contributed by atoms with Gasteiger partial charge < -0.3 is 5.11 Å². The van der Waals surface area contributed by atoms with Gasteiger partial charge in [-0.15, -0.1) is 11.3 Å². The molecular formula is C14H7ClFNO2S. The van der Waals surface area contributed by atoms with E-state index in [1.54, 1.807) is 11.4 Å². The Labute approximate surface area is 122 Å². The van der Waals surface area contributed by atoms with Crippen molar-refractivity contribution in [1.82, 2.24) is 4.98 Å². The van der Waals surface area contributed by atoms with Gasteiger partial charge in [-0.3, -0.25) is 0 Å². The number of carboxylic acids is 1. The van der Waals surface area contributed by atoms with Crippen LogP contribution < -0.4 is 0 Å². The van der Waals surface area contributed by atoms with Gasteiger partial charge in [0.05, 0.1) is 21.1 Å². The van der Waals surface area contributed by atoms with Crippen LogP contribution in [0.4, 0.5) is 4.39 Å². The van der Waals surface area contributed by atoms with Crippen LogP contribution in [0.1, 0.15) is 10.4 Å². The van der Waals surface area contributed by atoms with Crippen LogP contribution in [0.25, 0.3) is 22.2 Å². The number of benzene rings is 1. The predicted molar refractivity (Wildman–Crippen MR) is 77.0 cm³/mol. The SMILES string of the molecule is O=C(O)c1cc(-c2csc(Cl)c2)nc2ccc(F)cc12. The number of carboxylic acid groups (broad SMARTS) is 1. The number of aromatic carboxylic acids is 1. The summed E-state index contributed by atoms with van der Waals surface area (Å²) in [5, 5.41) is 11.4. The predicted octanol–water partition coefficient (Wildman–Crippen LogP) is 4.45. The molecule has 0 atom stereocenters. The fraction of sp³-hybridized carbons (Fsp3) is 0. The molecule has 2 aromatic heterocycles. The Morgan fingerprint density at radius 1 is 1.30 bits per heavy atom. The van der Waals surface area contributed by atoms with Gasteiger partial charge in [-0.1, -0.05) is 11.6 Å². The van der Waals surface area contributed by atoms with E-state index in [-0.39, 0.29) is 10.9 Å². The summed E-state index contributed by atoms with van der Waals surface area (Å²) in [6.07, 6.45) is 0. The van der Waals surface area contributed by atoms with Gasteiger partial charge in [0.2, 0.25) is 0 Å². The molecule has 0 aliphatic heterocycles. The van der Waals surface area contributed by atoms with E-state index < -0.39 is 11.8 Å². The Morgan fingerprint density at radius 3 is 2.75 bits per heavy atom. The van der Waals surface area contributed by atoms with Gasteiger partial charge in [-0.2, -0.15) is 0 Å². The number of halogens is 2. The van der Waals surface area contributed by atoms with Gasteiger partial charge in [0.1, 0.15) is 5.82 Å². The zero-order valence-corrected chi connectivity index (χ0v) is 11.5. The van der Waals surface area contributed by atoms with Crippen molar-refractivity contribution in [1.29, 1.82) is 0 Å². The van der Waals surface area contributed by atoms with Crippen molar-refractivity contribution in [3.8, 4) is 11.3 Å². The number of nitrogens with zero attached hydrogens (tertiary/aromatic N) is 1. The molecule has 100 valence electrons. The Balaban J connectivity index is 2.31. The van der Waals surface area contributed by atoms with Crippen LogP contribution in [0.5, 0.6) is 0 Å². The van der Waals surface area contributed by atoms with E-state index in [0.29, 0.717) is 15.5 Å². The molecule has 0 aliphatic carbocycles. The van der Waals surface area contributed by atoms with Crippen LogP contribution in [0, 0.1) is 5.82 Å². The number of hydrogen-bond acceptors (Lipinski definition) is 3. The zero-order valence-electron chi connectivity index (χ0n) is 9.93. The van der Waals surface area contributed by atoms with E-state index in [4.69, 9.17) is 11.6 Å². The molecule has 2 heterocycles. The van der Waals surface area contributed by atoms with Crippen molar-refractivity contribution in [3.05, 3.63) is 51.4 Å². The summed E-state index contributed by atoms with van der Waals surface area (Å²) >= 11 is 7.22. The minimum atomic E-state index is -1.12. The van der Waals surface area contributed by atoms with Crippen molar-refractivity contribution in [2.75, 3.05) is 0 Å². The van der Waals surface area contributed by atoms with E-state index in [1.165, 1.54) is 35.6 Å². The van der Waals surface area contributed by atoms with E-state index >= 15 is 0 Å². The molecule has 0 saturated heterocycles. The fourth-order valence-electron chi connectivity index (χ4n) is 1.97. The van der Waals surface area contributed by atoms with Gasteiger partial charge >= 0.3 is 5.97 Å². The van der Waals surface area contributed by atoms with Crippen molar-refractivity contribution < 1.29 is 14.3 Å². The second-order valence-corrected chi connectivity index (χ2v) is 5.70. The summed E-state index contributed by atoms with van der Waals surface area (Å²) in [5.41, 5.74) is 1.70. The lowest BCUT2D eigenvalue weighted by Crippen LogP contribution is -2.00. The number of thiophene rings is 1. The Bertz CT molecular complexity index is 831. The molecule has 0 radical (unpaired) electrons. The molecule has 20 heavy (non-hydrogen) atoms. The second-order valence-electron chi connectivity index (χ2n) is 4.16.